The van der Waals surface area contributed by atoms with Crippen molar-refractivity contribution in [1.82, 2.24) is 5.32 Å². The van der Waals surface area contributed by atoms with Crippen LogP contribution in [0.2, 0.25) is 0 Å². The molecule has 1 unspecified atom stereocenters. The molecule has 0 aliphatic carbocycles. The smallest absolute Gasteiger partial charge is 0.249 e. The van der Waals surface area contributed by atoms with Crippen molar-refractivity contribution in [3.8, 4) is 5.75 Å². The van der Waals surface area contributed by atoms with Crippen LogP contribution in [0.5, 0.6) is 5.75 Å². The molecule has 4 nitrogen and oxygen atoms in total. The Bertz CT molecular complexity index is 804. The van der Waals surface area contributed by atoms with E-state index in [0.717, 1.165) is 5.56 Å². The first kappa shape index (κ1) is 24.8. The summed E-state index contributed by atoms with van der Waals surface area (Å²) in [7, 11) is 1.55. The number of ether oxygens (including phenoxy) is 1. The van der Waals surface area contributed by atoms with E-state index in [9.17, 15) is 0 Å². The molecule has 0 spiro atoms. The standard InChI is InChI=1S/C15H10Cl9N3O/c1-28-9-4-2-8(3-5-9)6-7-12(15(22,23)24)26-10(13(16,17)18)25-11(27-12)14(19,20)21/h2-7H,1H3,(H,25,26,27). The number of halogens is 9. The number of rotatable bonds is 3. The van der Waals surface area contributed by atoms with Crippen LogP contribution in [-0.4, -0.2) is 35.8 Å². The van der Waals surface area contributed by atoms with E-state index in [2.05, 4.69) is 15.3 Å². The zero-order valence-corrected chi connectivity index (χ0v) is 20.5. The van der Waals surface area contributed by atoms with Crippen LogP contribution in [0.25, 0.3) is 6.08 Å². The normalized spacial score (nSPS) is 21.2. The van der Waals surface area contributed by atoms with Crippen molar-refractivity contribution in [1.29, 1.82) is 0 Å². The average Bonchev–Trinajstić information content (AvgIpc) is 2.57. The largest absolute Gasteiger partial charge is 0.497 e. The summed E-state index contributed by atoms with van der Waals surface area (Å²) in [6.07, 6.45) is 3.05. The van der Waals surface area contributed by atoms with Gasteiger partial charge in [-0.3, -0.25) is 0 Å². The van der Waals surface area contributed by atoms with Crippen LogP contribution in [0.4, 0.5) is 0 Å². The molecule has 28 heavy (non-hydrogen) atoms. The third kappa shape index (κ3) is 6.03. The minimum atomic E-state index is -2.09. The summed E-state index contributed by atoms with van der Waals surface area (Å²) in [6.45, 7) is 0. The number of nitrogens with zero attached hydrogens (tertiary/aromatic N) is 2. The minimum absolute atomic E-state index is 0.237. The molecule has 0 saturated heterocycles. The van der Waals surface area contributed by atoms with Crippen molar-refractivity contribution < 1.29 is 4.74 Å². The maximum Gasteiger partial charge on any atom is 0.249 e. The molecule has 1 N–H and O–H groups in total. The molecule has 2 rings (SSSR count). The summed E-state index contributed by atoms with van der Waals surface area (Å²) < 4.78 is -1.08. The predicted molar refractivity (Wildman–Crippen MR) is 124 cm³/mol. The lowest BCUT2D eigenvalue weighted by atomic mass is 10.1. The summed E-state index contributed by atoms with van der Waals surface area (Å²) in [5.41, 5.74) is -1.06. The maximum atomic E-state index is 6.19. The second kappa shape index (κ2) is 8.94. The molecule has 0 bridgehead atoms. The van der Waals surface area contributed by atoms with Crippen LogP contribution in [0, 0.1) is 0 Å². The van der Waals surface area contributed by atoms with E-state index in [1.54, 1.807) is 37.5 Å². The van der Waals surface area contributed by atoms with Crippen molar-refractivity contribution in [2.75, 3.05) is 7.11 Å². The molecule has 0 fully saturated rings. The Kier molecular flexibility index (Phi) is 7.91. The van der Waals surface area contributed by atoms with Gasteiger partial charge in [-0.1, -0.05) is 123 Å². The fraction of sp³-hybridized carbons (Fsp3) is 0.333. The number of nitrogens with one attached hydrogen (secondary N) is 1. The molecule has 1 aliphatic heterocycles. The number of methoxy groups -OCH3 is 1. The number of hydrogen-bond donors (Lipinski definition) is 1. The first-order valence-electron chi connectivity index (χ1n) is 7.19. The lowest BCUT2D eigenvalue weighted by molar-refractivity contribution is 0.415. The monoisotopic (exact) mass is 563 g/mol. The third-order valence-corrected chi connectivity index (χ3v) is 5.30. The number of benzene rings is 1. The average molecular weight is 567 g/mol. The summed E-state index contributed by atoms with van der Waals surface area (Å²) in [5, 5.41) is 2.73. The van der Waals surface area contributed by atoms with Crippen molar-refractivity contribution in [3.63, 3.8) is 0 Å². The molecule has 154 valence electrons. The van der Waals surface area contributed by atoms with Crippen molar-refractivity contribution in [3.05, 3.63) is 35.9 Å². The highest BCUT2D eigenvalue weighted by molar-refractivity contribution is 6.79. The van der Waals surface area contributed by atoms with Gasteiger partial charge in [-0.2, -0.15) is 0 Å². The van der Waals surface area contributed by atoms with E-state index in [-0.39, 0.29) is 11.7 Å². The number of amidine groups is 2. The second-order valence-corrected chi connectivity index (χ2v) is 12.2. The lowest BCUT2D eigenvalue weighted by Crippen LogP contribution is -2.60. The van der Waals surface area contributed by atoms with E-state index in [0.29, 0.717) is 5.75 Å². The molecule has 0 radical (unpaired) electrons. The van der Waals surface area contributed by atoms with E-state index in [1.807, 2.05) is 0 Å². The van der Waals surface area contributed by atoms with E-state index >= 15 is 0 Å². The molecular weight excluding hydrogens is 557 g/mol. The third-order valence-electron chi connectivity index (χ3n) is 3.40. The Labute approximate surface area is 206 Å². The van der Waals surface area contributed by atoms with Crippen LogP contribution < -0.4 is 10.1 Å². The van der Waals surface area contributed by atoms with Gasteiger partial charge >= 0.3 is 0 Å². The summed E-state index contributed by atoms with van der Waals surface area (Å²) in [6, 6.07) is 7.04. The fourth-order valence-electron chi connectivity index (χ4n) is 2.03. The summed E-state index contributed by atoms with van der Waals surface area (Å²) in [4.78, 5) is 8.16. The Morgan fingerprint density at radius 2 is 1.50 bits per heavy atom. The maximum absolute atomic E-state index is 6.19. The molecule has 1 heterocycles. The summed E-state index contributed by atoms with van der Waals surface area (Å²) >= 11 is 54.2. The molecule has 0 saturated carbocycles. The minimum Gasteiger partial charge on any atom is -0.497 e. The van der Waals surface area contributed by atoms with Gasteiger partial charge < -0.3 is 10.1 Å². The van der Waals surface area contributed by atoms with Gasteiger partial charge in [-0.15, -0.1) is 0 Å². The van der Waals surface area contributed by atoms with Gasteiger partial charge in [-0.05, 0) is 23.8 Å². The molecule has 0 amide bonds. The fourth-order valence-corrected chi connectivity index (χ4v) is 3.01. The Morgan fingerprint density at radius 1 is 0.929 bits per heavy atom. The van der Waals surface area contributed by atoms with E-state index < -0.39 is 17.0 Å². The molecular formula is C15H10Cl9N3O. The Morgan fingerprint density at radius 3 is 1.93 bits per heavy atom. The van der Waals surface area contributed by atoms with Crippen LogP contribution in [-0.2, 0) is 0 Å². The quantitative estimate of drug-likeness (QED) is 0.404. The van der Waals surface area contributed by atoms with Crippen molar-refractivity contribution in [2.24, 2.45) is 9.98 Å². The van der Waals surface area contributed by atoms with Gasteiger partial charge in [-0.25, -0.2) is 9.98 Å². The lowest BCUT2D eigenvalue weighted by Gasteiger charge is -2.40. The molecule has 13 heteroatoms. The van der Waals surface area contributed by atoms with Crippen molar-refractivity contribution in [2.45, 2.75) is 17.0 Å². The van der Waals surface area contributed by atoms with E-state index in [4.69, 9.17) is 109 Å². The van der Waals surface area contributed by atoms with Crippen LogP contribution in [0.15, 0.2) is 40.3 Å². The first-order valence-corrected chi connectivity index (χ1v) is 10.6. The number of aliphatic imine (C=N–C) groups is 2. The molecule has 0 aromatic heterocycles. The highest BCUT2D eigenvalue weighted by Crippen LogP contribution is 2.45. The molecule has 1 aromatic rings. The highest BCUT2D eigenvalue weighted by atomic mass is 35.6. The topological polar surface area (TPSA) is 46.0 Å². The molecule has 1 aromatic carbocycles. The SMILES string of the molecule is COc1ccc(C=CC2(C(Cl)(Cl)Cl)N=C(C(Cl)(Cl)Cl)N=C(C(Cl)(Cl)Cl)N2)cc1. The van der Waals surface area contributed by atoms with Gasteiger partial charge in [0.2, 0.25) is 11.4 Å². The molecule has 1 aliphatic rings. The van der Waals surface area contributed by atoms with Crippen molar-refractivity contribution >= 4 is 122 Å². The Balaban J connectivity index is 2.58. The van der Waals surface area contributed by atoms with Gasteiger partial charge in [0.25, 0.3) is 0 Å². The van der Waals surface area contributed by atoms with Gasteiger partial charge in [0.1, 0.15) is 5.75 Å². The second-order valence-electron chi connectivity index (χ2n) is 5.39. The summed E-state index contributed by atoms with van der Waals surface area (Å²) in [5.74, 6) is 0.106. The van der Waals surface area contributed by atoms with Crippen LogP contribution in [0.1, 0.15) is 5.56 Å². The predicted octanol–water partition coefficient (Wildman–Crippen LogP) is 6.92. The van der Waals surface area contributed by atoms with Gasteiger partial charge in [0.15, 0.2) is 17.3 Å². The number of hydrogen-bond acceptors (Lipinski definition) is 4. The van der Waals surface area contributed by atoms with Crippen LogP contribution >= 0.6 is 104 Å². The van der Waals surface area contributed by atoms with Gasteiger partial charge in [0, 0.05) is 0 Å². The first-order chi connectivity index (χ1) is 12.7. The zero-order chi connectivity index (χ0) is 21.4. The molecule has 1 atom stereocenters. The highest BCUT2D eigenvalue weighted by Gasteiger charge is 2.53. The zero-order valence-electron chi connectivity index (χ0n) is 13.7. The van der Waals surface area contributed by atoms with Gasteiger partial charge in [0.05, 0.1) is 7.11 Å². The number of alkyl halides is 9. The Hall–Kier alpha value is 0.510. The van der Waals surface area contributed by atoms with Crippen LogP contribution in [0.3, 0.4) is 0 Å². The van der Waals surface area contributed by atoms with E-state index in [1.165, 1.54) is 6.08 Å².